The van der Waals surface area contributed by atoms with Gasteiger partial charge in [0, 0.05) is 27.5 Å². The zero-order chi connectivity index (χ0) is 33.8. The summed E-state index contributed by atoms with van der Waals surface area (Å²) in [7, 11) is 1.72. The molecule has 6 aromatic rings. The van der Waals surface area contributed by atoms with Gasteiger partial charge < -0.3 is 19.7 Å². The van der Waals surface area contributed by atoms with Gasteiger partial charge in [0.2, 0.25) is 0 Å². The van der Waals surface area contributed by atoms with E-state index in [9.17, 15) is 10.2 Å². The molecule has 2 atom stereocenters. The minimum atomic E-state index is -1.02. The highest BCUT2D eigenvalue weighted by molar-refractivity contribution is 6.09. The predicted octanol–water partition coefficient (Wildman–Crippen LogP) is 10.9. The minimum Gasteiger partial charge on any atom is -0.508 e. The summed E-state index contributed by atoms with van der Waals surface area (Å²) in [6.45, 7) is 4.61. The van der Waals surface area contributed by atoms with E-state index in [4.69, 9.17) is 9.47 Å². The molecule has 4 nitrogen and oxygen atoms in total. The van der Waals surface area contributed by atoms with Crippen LogP contribution in [0.5, 0.6) is 23.0 Å². The Hall–Kier alpha value is -5.48. The molecule has 8 rings (SSSR count). The topological polar surface area (TPSA) is 58.9 Å². The van der Waals surface area contributed by atoms with E-state index in [1.54, 1.807) is 31.4 Å². The molecule has 0 fully saturated rings. The number of phenols is 2. The van der Waals surface area contributed by atoms with Gasteiger partial charge >= 0.3 is 0 Å². The zero-order valence-corrected chi connectivity index (χ0v) is 28.1. The fourth-order valence-electron chi connectivity index (χ4n) is 8.85. The summed E-state index contributed by atoms with van der Waals surface area (Å²) in [5.41, 5.74) is 8.04. The first kappa shape index (κ1) is 30.8. The average molecular weight is 645 g/mol. The lowest BCUT2D eigenvalue weighted by atomic mass is 9.61. The maximum atomic E-state index is 10.3. The van der Waals surface area contributed by atoms with E-state index in [-0.39, 0.29) is 22.8 Å². The van der Waals surface area contributed by atoms with Crippen molar-refractivity contribution in [3.8, 4) is 34.1 Å². The number of phenolic OH excluding ortho intramolecular Hbond substituents is 2. The second-order valence-electron chi connectivity index (χ2n) is 13.3. The molecule has 0 spiro atoms. The second kappa shape index (κ2) is 11.9. The molecule has 0 saturated heterocycles. The Morgan fingerprint density at radius 1 is 0.735 bits per heavy atom. The first-order valence-corrected chi connectivity index (χ1v) is 17.3. The van der Waals surface area contributed by atoms with E-state index in [1.165, 1.54) is 27.8 Å². The quantitative estimate of drug-likeness (QED) is 0.173. The van der Waals surface area contributed by atoms with Crippen molar-refractivity contribution >= 4 is 16.8 Å². The minimum absolute atomic E-state index is 0.189. The van der Waals surface area contributed by atoms with Gasteiger partial charge in [0.15, 0.2) is 5.60 Å². The largest absolute Gasteiger partial charge is 0.508 e. The van der Waals surface area contributed by atoms with Crippen molar-refractivity contribution in [3.05, 3.63) is 161 Å². The number of benzene rings is 6. The Morgan fingerprint density at radius 3 is 2.02 bits per heavy atom. The molecule has 0 saturated carbocycles. The van der Waals surface area contributed by atoms with Crippen molar-refractivity contribution in [2.75, 3.05) is 7.11 Å². The van der Waals surface area contributed by atoms with Gasteiger partial charge in [-0.05, 0) is 101 Å². The first-order chi connectivity index (χ1) is 23.9. The van der Waals surface area contributed by atoms with Gasteiger partial charge in [-0.1, -0.05) is 105 Å². The fourth-order valence-corrected chi connectivity index (χ4v) is 8.85. The molecule has 49 heavy (non-hydrogen) atoms. The Morgan fingerprint density at radius 2 is 1.39 bits per heavy atom. The lowest BCUT2D eigenvalue weighted by Crippen LogP contribution is -2.37. The Kier molecular flexibility index (Phi) is 7.48. The van der Waals surface area contributed by atoms with E-state index >= 15 is 0 Å². The Labute approximate surface area is 287 Å². The van der Waals surface area contributed by atoms with Gasteiger partial charge in [0.05, 0.1) is 7.11 Å². The summed E-state index contributed by atoms with van der Waals surface area (Å²) < 4.78 is 13.3. The molecule has 1 aliphatic heterocycles. The number of ether oxygens (including phenoxy) is 2. The van der Waals surface area contributed by atoms with E-state index in [2.05, 4.69) is 92.7 Å². The van der Waals surface area contributed by atoms with Crippen molar-refractivity contribution in [2.45, 2.75) is 50.0 Å². The molecule has 1 heterocycles. The Balaban J connectivity index is 1.50. The third kappa shape index (κ3) is 4.58. The standard InChI is InChI=1S/C45H40O4/c1-4-26-44(39(5-2)29-11-7-6-8-12-29)40-14-10-9-13-36(40)41-38-28-34(48-3)23-24-35(38)43-37(42(41)44)25-27-45(49-43,30-15-19-32(46)20-16-30)31-17-21-33(47)22-18-31/h6-25,27-28,39,46-47H,4-5,26H2,1-3H3. The van der Waals surface area contributed by atoms with Crippen LogP contribution in [0.2, 0.25) is 0 Å². The monoisotopic (exact) mass is 644 g/mol. The summed E-state index contributed by atoms with van der Waals surface area (Å²) in [6, 6.07) is 40.7. The van der Waals surface area contributed by atoms with E-state index < -0.39 is 5.60 Å². The maximum absolute atomic E-state index is 10.3. The molecule has 1 aliphatic carbocycles. The van der Waals surface area contributed by atoms with Crippen molar-refractivity contribution < 1.29 is 19.7 Å². The van der Waals surface area contributed by atoms with Gasteiger partial charge in [-0.2, -0.15) is 0 Å². The fraction of sp³-hybridized carbons (Fsp3) is 0.200. The number of fused-ring (bicyclic) bond motifs is 8. The molecule has 0 aromatic heterocycles. The third-order valence-electron chi connectivity index (χ3n) is 10.8. The highest BCUT2D eigenvalue weighted by Gasteiger charge is 2.51. The average Bonchev–Trinajstić information content (AvgIpc) is 3.43. The van der Waals surface area contributed by atoms with Crippen LogP contribution in [0.25, 0.3) is 28.0 Å². The molecule has 2 N–H and O–H groups in total. The summed E-state index contributed by atoms with van der Waals surface area (Å²) in [5, 5.41) is 22.6. The van der Waals surface area contributed by atoms with E-state index in [0.717, 1.165) is 58.2 Å². The van der Waals surface area contributed by atoms with Gasteiger partial charge in [-0.3, -0.25) is 0 Å². The van der Waals surface area contributed by atoms with Crippen molar-refractivity contribution in [2.24, 2.45) is 0 Å². The predicted molar refractivity (Wildman–Crippen MR) is 198 cm³/mol. The normalized spacial score (nSPS) is 17.5. The molecular weight excluding hydrogens is 604 g/mol. The molecular formula is C45H40O4. The molecule has 6 aromatic carbocycles. The van der Waals surface area contributed by atoms with Crippen LogP contribution >= 0.6 is 0 Å². The Bertz CT molecular complexity index is 2150. The van der Waals surface area contributed by atoms with Crippen LogP contribution in [-0.4, -0.2) is 17.3 Å². The summed E-state index contributed by atoms with van der Waals surface area (Å²) >= 11 is 0. The summed E-state index contributed by atoms with van der Waals surface area (Å²) in [4.78, 5) is 0. The second-order valence-corrected chi connectivity index (χ2v) is 13.3. The van der Waals surface area contributed by atoms with Crippen LogP contribution in [0.3, 0.4) is 0 Å². The summed E-state index contributed by atoms with van der Waals surface area (Å²) in [5.74, 6) is 2.21. The molecule has 0 radical (unpaired) electrons. The highest BCUT2D eigenvalue weighted by Crippen LogP contribution is 2.64. The summed E-state index contributed by atoms with van der Waals surface area (Å²) in [6.07, 6.45) is 7.39. The van der Waals surface area contributed by atoms with Gasteiger partial charge in [-0.25, -0.2) is 0 Å². The molecule has 244 valence electrons. The van der Waals surface area contributed by atoms with E-state index in [1.807, 2.05) is 30.3 Å². The van der Waals surface area contributed by atoms with Gasteiger partial charge in [0.1, 0.15) is 23.0 Å². The number of methoxy groups -OCH3 is 1. The number of rotatable bonds is 8. The van der Waals surface area contributed by atoms with Crippen molar-refractivity contribution in [3.63, 3.8) is 0 Å². The van der Waals surface area contributed by atoms with Gasteiger partial charge in [0.25, 0.3) is 0 Å². The highest BCUT2D eigenvalue weighted by atomic mass is 16.5. The molecule has 2 unspecified atom stereocenters. The molecule has 0 amide bonds. The number of hydrogen-bond donors (Lipinski definition) is 2. The smallest absolute Gasteiger partial charge is 0.178 e. The van der Waals surface area contributed by atoms with Crippen molar-refractivity contribution in [1.29, 1.82) is 0 Å². The van der Waals surface area contributed by atoms with Crippen LogP contribution in [-0.2, 0) is 11.0 Å². The van der Waals surface area contributed by atoms with Crippen LogP contribution in [0.15, 0.2) is 127 Å². The van der Waals surface area contributed by atoms with Crippen LogP contribution < -0.4 is 9.47 Å². The number of aromatic hydroxyl groups is 2. The molecule has 2 aliphatic rings. The first-order valence-electron chi connectivity index (χ1n) is 17.3. The van der Waals surface area contributed by atoms with E-state index in [0.29, 0.717) is 0 Å². The lowest BCUT2D eigenvalue weighted by molar-refractivity contribution is 0.163. The maximum Gasteiger partial charge on any atom is 0.178 e. The third-order valence-corrected chi connectivity index (χ3v) is 10.8. The molecule has 4 heteroatoms. The van der Waals surface area contributed by atoms with Crippen LogP contribution in [0.4, 0.5) is 0 Å². The zero-order valence-electron chi connectivity index (χ0n) is 28.1. The van der Waals surface area contributed by atoms with Crippen molar-refractivity contribution in [1.82, 2.24) is 0 Å². The van der Waals surface area contributed by atoms with Crippen LogP contribution in [0.1, 0.15) is 72.4 Å². The van der Waals surface area contributed by atoms with Gasteiger partial charge in [-0.15, -0.1) is 0 Å². The number of hydrogen-bond acceptors (Lipinski definition) is 4. The SMILES string of the molecule is CCCC1(C(CC)c2ccccc2)c2ccccc2-c2c1c1c(c3ccc(OC)cc23)OC(c2ccc(O)cc2)(c2ccc(O)cc2)C=C1. The van der Waals surface area contributed by atoms with Crippen LogP contribution in [0, 0.1) is 0 Å². The molecule has 0 bridgehead atoms. The lowest BCUT2D eigenvalue weighted by Gasteiger charge is -2.43.